The fourth-order valence-corrected chi connectivity index (χ4v) is 2.82. The first-order valence-electron chi connectivity index (χ1n) is 7.28. The topological polar surface area (TPSA) is 82.0 Å². The lowest BCUT2D eigenvalue weighted by atomic mass is 10.3. The van der Waals surface area contributed by atoms with E-state index in [0.717, 1.165) is 0 Å². The lowest BCUT2D eigenvalue weighted by molar-refractivity contribution is 0.313. The average molecular weight is 397 g/mol. The van der Waals surface area contributed by atoms with Crippen LogP contribution in [0.3, 0.4) is 0 Å². The van der Waals surface area contributed by atoms with Crippen molar-refractivity contribution in [1.82, 2.24) is 19.7 Å². The maximum Gasteiger partial charge on any atom is 0.298 e. The first kappa shape index (κ1) is 16.4. The van der Waals surface area contributed by atoms with Gasteiger partial charge in [0.25, 0.3) is 11.6 Å². The van der Waals surface area contributed by atoms with Crippen molar-refractivity contribution in [3.63, 3.8) is 0 Å². The van der Waals surface area contributed by atoms with Crippen LogP contribution in [-0.4, -0.2) is 33.0 Å². The van der Waals surface area contributed by atoms with Crippen LogP contribution in [0.1, 0.15) is 13.8 Å². The molecule has 0 unspecified atom stereocenters. The Morgan fingerprint density at radius 1 is 1.29 bits per heavy atom. The normalized spacial score (nSPS) is 11.0. The highest BCUT2D eigenvalue weighted by molar-refractivity contribution is 9.10. The number of hydrogen-bond acceptors (Lipinski definition) is 5. The molecule has 3 rings (SSSR count). The summed E-state index contributed by atoms with van der Waals surface area (Å²) >= 11 is 3.31. The molecule has 24 heavy (non-hydrogen) atoms. The second-order valence-corrected chi connectivity index (χ2v) is 5.64. The van der Waals surface area contributed by atoms with E-state index in [1.165, 1.54) is 16.9 Å². The van der Waals surface area contributed by atoms with Crippen molar-refractivity contribution >= 4 is 27.0 Å². The summed E-state index contributed by atoms with van der Waals surface area (Å²) in [5.41, 5.74) is -0.0756. The van der Waals surface area contributed by atoms with Crippen LogP contribution in [-0.2, 0) is 0 Å². The number of H-pyrrole nitrogens is 1. The van der Waals surface area contributed by atoms with Gasteiger partial charge in [0.1, 0.15) is 16.8 Å². The molecule has 0 bridgehead atoms. The average Bonchev–Trinajstić information content (AvgIpc) is 2.91. The summed E-state index contributed by atoms with van der Waals surface area (Å²) in [5, 5.41) is 4.41. The fourth-order valence-electron chi connectivity index (χ4n) is 2.23. The van der Waals surface area contributed by atoms with Crippen molar-refractivity contribution in [1.29, 1.82) is 0 Å². The van der Waals surface area contributed by atoms with E-state index in [1.54, 1.807) is 13.0 Å². The molecular weight excluding hydrogens is 383 g/mol. The molecule has 0 fully saturated rings. The Morgan fingerprint density at radius 3 is 2.71 bits per heavy atom. The van der Waals surface area contributed by atoms with E-state index < -0.39 is 11.4 Å². The van der Waals surface area contributed by atoms with Crippen LogP contribution in [0.15, 0.2) is 27.6 Å². The molecule has 0 saturated carbocycles. The molecule has 9 heteroatoms. The minimum absolute atomic E-state index is 0.0754. The van der Waals surface area contributed by atoms with Crippen molar-refractivity contribution in [2.75, 3.05) is 13.2 Å². The van der Waals surface area contributed by atoms with Gasteiger partial charge in [0.2, 0.25) is 0 Å². The van der Waals surface area contributed by atoms with Gasteiger partial charge < -0.3 is 9.47 Å². The first-order valence-corrected chi connectivity index (χ1v) is 8.07. The third-order valence-corrected chi connectivity index (χ3v) is 3.78. The van der Waals surface area contributed by atoms with E-state index in [1.807, 2.05) is 6.92 Å². The van der Waals surface area contributed by atoms with Crippen LogP contribution in [0.5, 0.6) is 11.8 Å². The Morgan fingerprint density at radius 2 is 2.04 bits per heavy atom. The van der Waals surface area contributed by atoms with Crippen molar-refractivity contribution in [2.45, 2.75) is 13.8 Å². The highest BCUT2D eigenvalue weighted by Crippen LogP contribution is 2.29. The zero-order valence-corrected chi connectivity index (χ0v) is 14.6. The van der Waals surface area contributed by atoms with Crippen LogP contribution in [0.2, 0.25) is 0 Å². The molecule has 1 aromatic carbocycles. The van der Waals surface area contributed by atoms with Gasteiger partial charge in [0.05, 0.1) is 13.2 Å². The van der Waals surface area contributed by atoms with Gasteiger partial charge in [0.15, 0.2) is 11.5 Å². The molecule has 126 valence electrons. The highest BCUT2D eigenvalue weighted by Gasteiger charge is 2.16. The molecule has 0 amide bonds. The number of hydrogen-bond donors (Lipinski definition) is 1. The van der Waals surface area contributed by atoms with E-state index in [-0.39, 0.29) is 22.7 Å². The lowest BCUT2D eigenvalue weighted by Gasteiger charge is -2.09. The van der Waals surface area contributed by atoms with Gasteiger partial charge in [0, 0.05) is 16.7 Å². The Bertz CT molecular complexity index is 931. The maximum atomic E-state index is 14.4. The molecule has 3 aromatic rings. The van der Waals surface area contributed by atoms with E-state index >= 15 is 0 Å². The summed E-state index contributed by atoms with van der Waals surface area (Å²) in [6.45, 7) is 4.37. The quantitative estimate of drug-likeness (QED) is 0.716. The Balaban J connectivity index is 2.13. The summed E-state index contributed by atoms with van der Waals surface area (Å²) in [7, 11) is 0. The molecule has 0 atom stereocenters. The summed E-state index contributed by atoms with van der Waals surface area (Å²) in [5.74, 6) is -0.140. The largest absolute Gasteiger partial charge is 0.494 e. The number of rotatable bonds is 5. The molecular formula is C15H14BrFN4O3. The molecule has 0 aliphatic heterocycles. The number of nitrogens with zero attached hydrogens (tertiary/aromatic N) is 3. The van der Waals surface area contributed by atoms with Gasteiger partial charge in [-0.15, -0.1) is 5.10 Å². The smallest absolute Gasteiger partial charge is 0.298 e. The van der Waals surface area contributed by atoms with Gasteiger partial charge in [-0.25, -0.2) is 9.07 Å². The van der Waals surface area contributed by atoms with Crippen LogP contribution >= 0.6 is 15.9 Å². The minimum Gasteiger partial charge on any atom is -0.494 e. The summed E-state index contributed by atoms with van der Waals surface area (Å²) < 4.78 is 26.6. The van der Waals surface area contributed by atoms with Crippen LogP contribution in [0.25, 0.3) is 16.7 Å². The van der Waals surface area contributed by atoms with E-state index in [2.05, 4.69) is 31.0 Å². The second-order valence-electron chi connectivity index (χ2n) is 4.78. The van der Waals surface area contributed by atoms with E-state index in [0.29, 0.717) is 23.4 Å². The summed E-state index contributed by atoms with van der Waals surface area (Å²) in [6.07, 6.45) is 1.42. The SMILES string of the molecule is CCOc1cc(F)c(-n2cc3c(=O)[nH]c(OCC)nc3n2)c(Br)c1. The predicted molar refractivity (Wildman–Crippen MR) is 89.5 cm³/mol. The lowest BCUT2D eigenvalue weighted by Crippen LogP contribution is -2.09. The fraction of sp³-hybridized carbons (Fsp3) is 0.267. The number of benzene rings is 1. The van der Waals surface area contributed by atoms with E-state index in [9.17, 15) is 9.18 Å². The van der Waals surface area contributed by atoms with E-state index in [4.69, 9.17) is 9.47 Å². The van der Waals surface area contributed by atoms with Crippen LogP contribution in [0, 0.1) is 5.82 Å². The molecule has 7 nitrogen and oxygen atoms in total. The van der Waals surface area contributed by atoms with Crippen molar-refractivity contribution in [3.8, 4) is 17.4 Å². The number of aromatic amines is 1. The second kappa shape index (κ2) is 6.60. The molecule has 1 N–H and O–H groups in total. The Labute approximate surface area is 144 Å². The monoisotopic (exact) mass is 396 g/mol. The molecule has 0 saturated heterocycles. The third kappa shape index (κ3) is 2.99. The van der Waals surface area contributed by atoms with Crippen LogP contribution in [0.4, 0.5) is 4.39 Å². The summed E-state index contributed by atoms with van der Waals surface area (Å²) in [4.78, 5) is 18.7. The van der Waals surface area contributed by atoms with Crippen LogP contribution < -0.4 is 15.0 Å². The molecule has 0 aliphatic carbocycles. The molecule has 2 heterocycles. The molecule has 2 aromatic heterocycles. The van der Waals surface area contributed by atoms with Crippen molar-refractivity contribution < 1.29 is 13.9 Å². The van der Waals surface area contributed by atoms with Gasteiger partial charge >= 0.3 is 0 Å². The number of aromatic nitrogens is 4. The summed E-state index contributed by atoms with van der Waals surface area (Å²) in [6, 6.07) is 2.98. The van der Waals surface area contributed by atoms with Gasteiger partial charge in [-0.1, -0.05) is 0 Å². The van der Waals surface area contributed by atoms with Crippen molar-refractivity contribution in [2.24, 2.45) is 0 Å². The minimum atomic E-state index is -0.540. The van der Waals surface area contributed by atoms with Gasteiger partial charge in [-0.3, -0.25) is 9.78 Å². The standard InChI is InChI=1S/C15H14BrFN4O3/c1-3-23-8-5-10(16)12(11(17)6-8)21-7-9-13(20-21)18-15(24-4-2)19-14(9)22/h5-7H,3-4H2,1-2H3,(H,18,19,20,22). The Hall–Kier alpha value is -2.42. The zero-order chi connectivity index (χ0) is 17.3. The molecule has 0 aliphatic rings. The van der Waals surface area contributed by atoms with Gasteiger partial charge in [-0.05, 0) is 35.8 Å². The third-order valence-electron chi connectivity index (χ3n) is 3.18. The predicted octanol–water partition coefficient (Wildman–Crippen LogP) is 2.81. The maximum absolute atomic E-state index is 14.4. The number of halogens is 2. The van der Waals surface area contributed by atoms with Crippen molar-refractivity contribution in [3.05, 3.63) is 39.0 Å². The molecule has 0 radical (unpaired) electrons. The Kier molecular flexibility index (Phi) is 4.52. The molecule has 0 spiro atoms. The highest BCUT2D eigenvalue weighted by atomic mass is 79.9. The number of ether oxygens (including phenoxy) is 2. The van der Waals surface area contributed by atoms with Gasteiger partial charge in [-0.2, -0.15) is 4.98 Å². The zero-order valence-electron chi connectivity index (χ0n) is 13.0. The first-order chi connectivity index (χ1) is 11.5. The number of fused-ring (bicyclic) bond motifs is 1. The number of nitrogens with one attached hydrogen (secondary N) is 1.